The fourth-order valence-corrected chi connectivity index (χ4v) is 3.89. The first-order valence-corrected chi connectivity index (χ1v) is 9.33. The predicted molar refractivity (Wildman–Crippen MR) is 97.5 cm³/mol. The van der Waals surface area contributed by atoms with Crippen LogP contribution in [0.15, 0.2) is 11.6 Å². The van der Waals surface area contributed by atoms with Crippen LogP contribution < -0.4 is 0 Å². The Hall–Kier alpha value is -0.920. The third-order valence-corrected chi connectivity index (χ3v) is 5.11. The maximum atomic E-state index is 12.6. The van der Waals surface area contributed by atoms with E-state index in [9.17, 15) is 9.59 Å². The van der Waals surface area contributed by atoms with Crippen molar-refractivity contribution in [2.45, 2.75) is 98.8 Å². The number of carbonyl (C=O) groups is 2. The van der Waals surface area contributed by atoms with E-state index in [1.54, 1.807) is 0 Å². The largest absolute Gasteiger partial charge is 0.300 e. The molecule has 0 atom stereocenters. The van der Waals surface area contributed by atoms with Crippen molar-refractivity contribution in [3.63, 3.8) is 0 Å². The summed E-state index contributed by atoms with van der Waals surface area (Å²) in [5, 5.41) is 0. The van der Waals surface area contributed by atoms with Gasteiger partial charge in [0.25, 0.3) is 0 Å². The van der Waals surface area contributed by atoms with Crippen LogP contribution in [0.25, 0.3) is 0 Å². The summed E-state index contributed by atoms with van der Waals surface area (Å²) >= 11 is 0. The number of ketones is 2. The van der Waals surface area contributed by atoms with Crippen molar-refractivity contribution >= 4 is 11.6 Å². The van der Waals surface area contributed by atoms with Crippen molar-refractivity contribution in [2.75, 3.05) is 0 Å². The summed E-state index contributed by atoms with van der Waals surface area (Å²) in [6, 6.07) is 0. The third-order valence-electron chi connectivity index (χ3n) is 5.11. The molecule has 0 spiro atoms. The highest BCUT2D eigenvalue weighted by Crippen LogP contribution is 2.39. The van der Waals surface area contributed by atoms with E-state index < -0.39 is 0 Å². The number of allylic oxidation sites excluding steroid dienone is 2. The predicted octanol–water partition coefficient (Wildman–Crippen LogP) is 6.04. The number of carbonyl (C=O) groups excluding carboxylic acids is 2. The van der Waals surface area contributed by atoms with Crippen molar-refractivity contribution in [1.82, 2.24) is 0 Å². The minimum absolute atomic E-state index is 0.187. The Bertz CT molecular complexity index is 441. The lowest BCUT2D eigenvalue weighted by Gasteiger charge is -2.34. The van der Waals surface area contributed by atoms with Crippen molar-refractivity contribution in [3.05, 3.63) is 11.6 Å². The van der Waals surface area contributed by atoms with Crippen molar-refractivity contribution in [3.8, 4) is 0 Å². The monoisotopic (exact) mass is 320 g/mol. The summed E-state index contributed by atoms with van der Waals surface area (Å²) in [5.74, 6) is 0.635. The first-order valence-electron chi connectivity index (χ1n) is 9.33. The average molecular weight is 321 g/mol. The van der Waals surface area contributed by atoms with Crippen LogP contribution in [0.5, 0.6) is 0 Å². The summed E-state index contributed by atoms with van der Waals surface area (Å²) in [6.07, 6.45) is 11.1. The van der Waals surface area contributed by atoms with Gasteiger partial charge in [-0.1, -0.05) is 39.3 Å². The van der Waals surface area contributed by atoms with Crippen LogP contribution in [-0.2, 0) is 9.59 Å². The van der Waals surface area contributed by atoms with E-state index in [1.165, 1.54) is 12.0 Å². The fourth-order valence-electron chi connectivity index (χ4n) is 3.89. The Labute approximate surface area is 143 Å². The molecule has 1 aliphatic rings. The summed E-state index contributed by atoms with van der Waals surface area (Å²) in [7, 11) is 0. The number of hydrogen-bond acceptors (Lipinski definition) is 2. The molecule has 2 nitrogen and oxygen atoms in total. The lowest BCUT2D eigenvalue weighted by Crippen LogP contribution is -2.30. The SMILES string of the molecule is C/C1=C\CCCC(=O)CCCC(=O)C(C)(C)CC(C)(C)CCC1. The molecule has 0 radical (unpaired) electrons. The Kier molecular flexibility index (Phi) is 7.70. The molecule has 0 N–H and O–H groups in total. The quantitative estimate of drug-likeness (QED) is 0.510. The first kappa shape index (κ1) is 20.1. The topological polar surface area (TPSA) is 34.1 Å². The van der Waals surface area contributed by atoms with Crippen molar-refractivity contribution in [2.24, 2.45) is 10.8 Å². The van der Waals surface area contributed by atoms with Crippen LogP contribution in [0, 0.1) is 10.8 Å². The summed E-state index contributed by atoms with van der Waals surface area (Å²) in [6.45, 7) is 10.9. The average Bonchev–Trinajstić information content (AvgIpc) is 2.41. The third kappa shape index (κ3) is 7.94. The van der Waals surface area contributed by atoms with Gasteiger partial charge in [-0.2, -0.15) is 0 Å². The van der Waals surface area contributed by atoms with E-state index in [0.29, 0.717) is 30.8 Å². The Morgan fingerprint density at radius 2 is 1.52 bits per heavy atom. The summed E-state index contributed by atoms with van der Waals surface area (Å²) in [4.78, 5) is 24.5. The summed E-state index contributed by atoms with van der Waals surface area (Å²) in [5.41, 5.74) is 1.34. The van der Waals surface area contributed by atoms with Crippen LogP contribution >= 0.6 is 0 Å². The molecule has 0 saturated carbocycles. The first-order chi connectivity index (χ1) is 10.6. The molecular weight excluding hydrogens is 284 g/mol. The second kappa shape index (κ2) is 8.80. The zero-order chi connectivity index (χ0) is 17.5. The molecule has 0 aliphatic heterocycles. The van der Waals surface area contributed by atoms with Crippen molar-refractivity contribution in [1.29, 1.82) is 0 Å². The van der Waals surface area contributed by atoms with Crippen molar-refractivity contribution < 1.29 is 9.59 Å². The van der Waals surface area contributed by atoms with E-state index in [0.717, 1.165) is 38.5 Å². The van der Waals surface area contributed by atoms with Gasteiger partial charge in [0.1, 0.15) is 11.6 Å². The lowest BCUT2D eigenvalue weighted by molar-refractivity contribution is -0.129. The molecule has 2 heteroatoms. The van der Waals surface area contributed by atoms with Gasteiger partial charge >= 0.3 is 0 Å². The standard InChI is InChI=1S/C21H36O2/c1-17-10-6-7-12-18(22)13-8-14-19(23)21(4,5)16-20(2,3)15-9-11-17/h10H,6-9,11-16H2,1-5H3/b17-10+. The van der Waals surface area contributed by atoms with Gasteiger partial charge in [-0.25, -0.2) is 0 Å². The normalized spacial score (nSPS) is 27.3. The van der Waals surface area contributed by atoms with E-state index in [2.05, 4.69) is 40.7 Å². The Morgan fingerprint density at radius 1 is 0.870 bits per heavy atom. The minimum Gasteiger partial charge on any atom is -0.300 e. The van der Waals surface area contributed by atoms with Crippen LogP contribution in [0.1, 0.15) is 98.8 Å². The highest BCUT2D eigenvalue weighted by atomic mass is 16.1. The zero-order valence-electron chi connectivity index (χ0n) is 16.0. The minimum atomic E-state index is -0.283. The van der Waals surface area contributed by atoms with E-state index in [1.807, 2.05) is 0 Å². The molecule has 132 valence electrons. The highest BCUT2D eigenvalue weighted by Gasteiger charge is 2.33. The Morgan fingerprint density at radius 3 is 2.22 bits per heavy atom. The maximum absolute atomic E-state index is 12.6. The second-order valence-electron chi connectivity index (χ2n) is 8.84. The smallest absolute Gasteiger partial charge is 0.138 e. The molecule has 0 saturated heterocycles. The molecule has 0 amide bonds. The molecule has 1 aliphatic carbocycles. The molecule has 0 unspecified atom stereocenters. The molecule has 0 heterocycles. The fraction of sp³-hybridized carbons (Fsp3) is 0.810. The molecule has 0 aromatic carbocycles. The molecule has 0 bridgehead atoms. The van der Waals surface area contributed by atoms with Gasteiger partial charge < -0.3 is 0 Å². The number of Topliss-reactive ketones (excluding diaryl/α,β-unsaturated/α-hetero) is 2. The van der Waals surface area contributed by atoms with Gasteiger partial charge in [-0.05, 0) is 57.3 Å². The summed E-state index contributed by atoms with van der Waals surface area (Å²) < 4.78 is 0. The molecule has 0 fully saturated rings. The van der Waals surface area contributed by atoms with Crippen LogP contribution in [-0.4, -0.2) is 11.6 Å². The maximum Gasteiger partial charge on any atom is 0.138 e. The van der Waals surface area contributed by atoms with Gasteiger partial charge in [0.15, 0.2) is 0 Å². The van der Waals surface area contributed by atoms with E-state index in [4.69, 9.17) is 0 Å². The van der Waals surface area contributed by atoms with Gasteiger partial charge in [0, 0.05) is 24.7 Å². The van der Waals surface area contributed by atoms with E-state index in [-0.39, 0.29) is 10.8 Å². The zero-order valence-corrected chi connectivity index (χ0v) is 16.0. The van der Waals surface area contributed by atoms with Gasteiger partial charge in [-0.3, -0.25) is 9.59 Å². The molecule has 23 heavy (non-hydrogen) atoms. The van der Waals surface area contributed by atoms with Crippen LogP contribution in [0.3, 0.4) is 0 Å². The molecular formula is C21H36O2. The van der Waals surface area contributed by atoms with Gasteiger partial charge in [0.2, 0.25) is 0 Å². The highest BCUT2D eigenvalue weighted by molar-refractivity contribution is 5.85. The molecule has 0 aromatic heterocycles. The van der Waals surface area contributed by atoms with Crippen LogP contribution in [0.2, 0.25) is 0 Å². The lowest BCUT2D eigenvalue weighted by atomic mass is 9.70. The van der Waals surface area contributed by atoms with Crippen LogP contribution in [0.4, 0.5) is 0 Å². The van der Waals surface area contributed by atoms with Gasteiger partial charge in [0.05, 0.1) is 0 Å². The second-order valence-corrected chi connectivity index (χ2v) is 8.84. The molecule has 1 rings (SSSR count). The van der Waals surface area contributed by atoms with E-state index >= 15 is 0 Å². The van der Waals surface area contributed by atoms with Gasteiger partial charge in [-0.15, -0.1) is 0 Å². The number of hydrogen-bond donors (Lipinski definition) is 0. The number of rotatable bonds is 0. The Balaban J connectivity index is 2.77. The molecule has 0 aromatic rings.